The molecule has 2 unspecified atom stereocenters. The van der Waals surface area contributed by atoms with Crippen LogP contribution in [0.3, 0.4) is 0 Å². The van der Waals surface area contributed by atoms with Crippen LogP contribution < -0.4 is 5.32 Å². The first-order chi connectivity index (χ1) is 6.29. The minimum atomic E-state index is 0.253. The van der Waals surface area contributed by atoms with Crippen molar-refractivity contribution in [3.8, 4) is 0 Å². The number of hydrogen-bond donors (Lipinski definition) is 2. The van der Waals surface area contributed by atoms with Crippen LogP contribution in [0.2, 0.25) is 0 Å². The molecular weight excluding hydrogens is 166 g/mol. The van der Waals surface area contributed by atoms with Gasteiger partial charge in [0.15, 0.2) is 0 Å². The Bertz CT molecular complexity index is 303. The lowest BCUT2D eigenvalue weighted by Gasteiger charge is -2.02. The van der Waals surface area contributed by atoms with E-state index in [1.165, 1.54) is 0 Å². The van der Waals surface area contributed by atoms with Gasteiger partial charge in [-0.1, -0.05) is 0 Å². The second-order valence-electron chi connectivity index (χ2n) is 3.45. The van der Waals surface area contributed by atoms with Crippen LogP contribution in [-0.2, 0) is 0 Å². The van der Waals surface area contributed by atoms with E-state index in [4.69, 9.17) is 5.11 Å². The van der Waals surface area contributed by atoms with Crippen molar-refractivity contribution < 1.29 is 5.11 Å². The van der Waals surface area contributed by atoms with Gasteiger partial charge in [0.25, 0.3) is 0 Å². The molecule has 0 bridgehead atoms. The van der Waals surface area contributed by atoms with Crippen LogP contribution in [0.15, 0.2) is 12.3 Å². The minimum absolute atomic E-state index is 0.253. The summed E-state index contributed by atoms with van der Waals surface area (Å²) < 4.78 is 0. The van der Waals surface area contributed by atoms with E-state index < -0.39 is 0 Å². The zero-order valence-electron chi connectivity index (χ0n) is 7.57. The van der Waals surface area contributed by atoms with Gasteiger partial charge >= 0.3 is 0 Å². The van der Waals surface area contributed by atoms with E-state index in [0.29, 0.717) is 17.9 Å². The van der Waals surface area contributed by atoms with Crippen LogP contribution in [-0.4, -0.2) is 27.7 Å². The van der Waals surface area contributed by atoms with Crippen molar-refractivity contribution in [1.82, 2.24) is 9.97 Å². The quantitative estimate of drug-likeness (QED) is 0.712. The third kappa shape index (κ3) is 1.95. The van der Waals surface area contributed by atoms with Crippen LogP contribution in [0, 0.1) is 12.8 Å². The van der Waals surface area contributed by atoms with Crippen LogP contribution in [0.4, 0.5) is 5.95 Å². The Morgan fingerprint density at radius 2 is 2.54 bits per heavy atom. The Balaban J connectivity index is 1.95. The number of hydrogen-bond acceptors (Lipinski definition) is 4. The summed E-state index contributed by atoms with van der Waals surface area (Å²) >= 11 is 0. The van der Waals surface area contributed by atoms with E-state index >= 15 is 0 Å². The van der Waals surface area contributed by atoms with Gasteiger partial charge in [-0.15, -0.1) is 0 Å². The lowest BCUT2D eigenvalue weighted by Crippen LogP contribution is -2.09. The van der Waals surface area contributed by atoms with E-state index in [1.807, 2.05) is 13.0 Å². The fraction of sp³-hybridized carbons (Fsp3) is 0.556. The molecule has 0 amide bonds. The molecule has 70 valence electrons. The van der Waals surface area contributed by atoms with Gasteiger partial charge in [-0.25, -0.2) is 9.97 Å². The fourth-order valence-corrected chi connectivity index (χ4v) is 1.31. The Morgan fingerprint density at radius 3 is 3.15 bits per heavy atom. The average molecular weight is 179 g/mol. The molecule has 0 aromatic carbocycles. The number of nitrogens with zero attached hydrogens (tertiary/aromatic N) is 2. The highest BCUT2D eigenvalue weighted by atomic mass is 16.3. The zero-order chi connectivity index (χ0) is 9.26. The number of aromatic nitrogens is 2. The molecule has 2 N–H and O–H groups in total. The molecule has 4 heteroatoms. The number of aliphatic hydroxyl groups is 1. The van der Waals surface area contributed by atoms with Gasteiger partial charge in [0.2, 0.25) is 5.95 Å². The highest BCUT2D eigenvalue weighted by Crippen LogP contribution is 2.31. The van der Waals surface area contributed by atoms with Gasteiger partial charge in [0.05, 0.1) is 0 Å². The van der Waals surface area contributed by atoms with Crippen molar-refractivity contribution >= 4 is 5.95 Å². The van der Waals surface area contributed by atoms with Crippen LogP contribution in [0.5, 0.6) is 0 Å². The molecule has 0 radical (unpaired) electrons. The second kappa shape index (κ2) is 3.30. The topological polar surface area (TPSA) is 58.0 Å². The highest BCUT2D eigenvalue weighted by molar-refractivity contribution is 5.29. The van der Waals surface area contributed by atoms with E-state index in [9.17, 15) is 0 Å². The summed E-state index contributed by atoms with van der Waals surface area (Å²) in [4.78, 5) is 8.30. The van der Waals surface area contributed by atoms with E-state index in [1.54, 1.807) is 6.20 Å². The van der Waals surface area contributed by atoms with E-state index in [2.05, 4.69) is 15.3 Å². The molecule has 2 rings (SSSR count). The van der Waals surface area contributed by atoms with Gasteiger partial charge < -0.3 is 10.4 Å². The Hall–Kier alpha value is -1.16. The fourth-order valence-electron chi connectivity index (χ4n) is 1.31. The summed E-state index contributed by atoms with van der Waals surface area (Å²) in [5, 5.41) is 12.0. The monoisotopic (exact) mass is 179 g/mol. The predicted octanol–water partition coefficient (Wildman–Crippen LogP) is 0.578. The zero-order valence-corrected chi connectivity index (χ0v) is 7.57. The predicted molar refractivity (Wildman–Crippen MR) is 49.4 cm³/mol. The van der Waals surface area contributed by atoms with Crippen molar-refractivity contribution in [3.63, 3.8) is 0 Å². The average Bonchev–Trinajstić information content (AvgIpc) is 2.83. The summed E-state index contributed by atoms with van der Waals surface area (Å²) in [5.74, 6) is 1.06. The van der Waals surface area contributed by atoms with Crippen LogP contribution in [0.1, 0.15) is 12.1 Å². The van der Waals surface area contributed by atoms with E-state index in [-0.39, 0.29) is 6.61 Å². The maximum absolute atomic E-state index is 8.83. The molecule has 4 nitrogen and oxygen atoms in total. The van der Waals surface area contributed by atoms with Gasteiger partial charge in [-0.05, 0) is 19.4 Å². The molecule has 1 aliphatic carbocycles. The maximum Gasteiger partial charge on any atom is 0.223 e. The molecule has 1 aromatic heterocycles. The molecule has 1 aliphatic rings. The van der Waals surface area contributed by atoms with E-state index in [0.717, 1.165) is 12.1 Å². The minimum Gasteiger partial charge on any atom is -0.396 e. The van der Waals surface area contributed by atoms with Crippen molar-refractivity contribution in [2.45, 2.75) is 19.4 Å². The lowest BCUT2D eigenvalue weighted by atomic mass is 10.4. The lowest BCUT2D eigenvalue weighted by molar-refractivity contribution is 0.275. The second-order valence-corrected chi connectivity index (χ2v) is 3.45. The molecule has 1 fully saturated rings. The number of aliphatic hydroxyl groups excluding tert-OH is 1. The summed E-state index contributed by atoms with van der Waals surface area (Å²) in [5.41, 5.74) is 0.957. The summed E-state index contributed by atoms with van der Waals surface area (Å²) in [7, 11) is 0. The molecule has 2 atom stereocenters. The van der Waals surface area contributed by atoms with Crippen molar-refractivity contribution in [2.75, 3.05) is 11.9 Å². The first kappa shape index (κ1) is 8.44. The summed E-state index contributed by atoms with van der Waals surface area (Å²) in [6.45, 7) is 2.19. The molecule has 1 saturated carbocycles. The molecular formula is C9H13N3O. The standard InChI is InChI=1S/C9H13N3O/c1-6-2-3-10-9(11-6)12-8-4-7(8)5-13/h2-3,7-8,13H,4-5H2,1H3,(H,10,11,12). The highest BCUT2D eigenvalue weighted by Gasteiger charge is 2.36. The molecule has 0 spiro atoms. The number of nitrogens with one attached hydrogen (secondary N) is 1. The van der Waals surface area contributed by atoms with Gasteiger partial charge in [0.1, 0.15) is 0 Å². The van der Waals surface area contributed by atoms with Crippen LogP contribution in [0.25, 0.3) is 0 Å². The molecule has 1 aromatic rings. The Morgan fingerprint density at radius 1 is 1.69 bits per heavy atom. The van der Waals surface area contributed by atoms with Gasteiger partial charge in [-0.3, -0.25) is 0 Å². The summed E-state index contributed by atoms with van der Waals surface area (Å²) in [6, 6.07) is 2.23. The number of anilines is 1. The maximum atomic E-state index is 8.83. The molecule has 0 aliphatic heterocycles. The Kier molecular flexibility index (Phi) is 2.14. The molecule has 1 heterocycles. The SMILES string of the molecule is Cc1ccnc(NC2CC2CO)n1. The number of rotatable bonds is 3. The van der Waals surface area contributed by atoms with Crippen molar-refractivity contribution in [1.29, 1.82) is 0 Å². The smallest absolute Gasteiger partial charge is 0.223 e. The Labute approximate surface area is 77.0 Å². The summed E-state index contributed by atoms with van der Waals surface area (Å²) in [6.07, 6.45) is 2.76. The third-order valence-electron chi connectivity index (χ3n) is 2.27. The van der Waals surface area contributed by atoms with Gasteiger partial charge in [-0.2, -0.15) is 0 Å². The molecule has 0 saturated heterocycles. The van der Waals surface area contributed by atoms with Crippen molar-refractivity contribution in [3.05, 3.63) is 18.0 Å². The molecule has 13 heavy (non-hydrogen) atoms. The number of aryl methyl sites for hydroxylation is 1. The van der Waals surface area contributed by atoms with Gasteiger partial charge in [0, 0.05) is 30.5 Å². The largest absolute Gasteiger partial charge is 0.396 e. The first-order valence-corrected chi connectivity index (χ1v) is 4.46. The first-order valence-electron chi connectivity index (χ1n) is 4.46. The van der Waals surface area contributed by atoms with Crippen LogP contribution >= 0.6 is 0 Å². The third-order valence-corrected chi connectivity index (χ3v) is 2.27. The van der Waals surface area contributed by atoms with Crippen molar-refractivity contribution in [2.24, 2.45) is 5.92 Å². The normalized spacial score (nSPS) is 25.7.